The molecule has 128 valence electrons. The maximum atomic E-state index is 12.6. The number of aliphatic hydroxyl groups is 1. The summed E-state index contributed by atoms with van der Waals surface area (Å²) in [5.74, 6) is 0.192. The largest absolute Gasteiger partial charge is 0.508 e. The Kier molecular flexibility index (Phi) is 4.17. The van der Waals surface area contributed by atoms with Crippen molar-refractivity contribution in [1.82, 2.24) is 0 Å². The van der Waals surface area contributed by atoms with Gasteiger partial charge < -0.3 is 15.1 Å². The molecule has 0 spiro atoms. The highest BCUT2D eigenvalue weighted by molar-refractivity contribution is 5.49. The molecule has 0 atom stereocenters. The Labute approximate surface area is 138 Å². The van der Waals surface area contributed by atoms with Gasteiger partial charge in [-0.1, -0.05) is 12.1 Å². The number of aromatic hydroxyl groups is 1. The number of benzene rings is 2. The van der Waals surface area contributed by atoms with E-state index in [2.05, 4.69) is 4.90 Å². The van der Waals surface area contributed by atoms with Crippen LogP contribution in [-0.2, 0) is 11.8 Å². The summed E-state index contributed by atoms with van der Waals surface area (Å²) in [6, 6.07) is 11.6. The minimum Gasteiger partial charge on any atom is -0.508 e. The van der Waals surface area contributed by atoms with Gasteiger partial charge in [-0.15, -0.1) is 0 Å². The van der Waals surface area contributed by atoms with Gasteiger partial charge in [0.2, 0.25) is 0 Å². The van der Waals surface area contributed by atoms with Gasteiger partial charge in [0.25, 0.3) is 0 Å². The molecule has 2 aromatic rings. The molecule has 0 aromatic heterocycles. The lowest BCUT2D eigenvalue weighted by molar-refractivity contribution is -0.137. The normalized spacial score (nSPS) is 17.8. The summed E-state index contributed by atoms with van der Waals surface area (Å²) >= 11 is 0. The first-order valence-corrected chi connectivity index (χ1v) is 7.72. The Morgan fingerprint density at radius 3 is 1.92 bits per heavy atom. The molecular formula is C18H18F3NO2. The SMILES string of the molecule is Oc1ccc(N2CCC(O)(c3ccc(C(F)(F)F)cc3)CC2)cc1. The van der Waals surface area contributed by atoms with Crippen LogP contribution in [0.2, 0.25) is 0 Å². The van der Waals surface area contributed by atoms with Crippen LogP contribution in [0.3, 0.4) is 0 Å². The predicted molar refractivity (Wildman–Crippen MR) is 84.9 cm³/mol. The lowest BCUT2D eigenvalue weighted by atomic mass is 9.84. The Balaban J connectivity index is 1.71. The molecule has 0 amide bonds. The number of rotatable bonds is 2. The monoisotopic (exact) mass is 337 g/mol. The number of nitrogens with zero attached hydrogens (tertiary/aromatic N) is 1. The first kappa shape index (κ1) is 16.6. The van der Waals surface area contributed by atoms with E-state index in [9.17, 15) is 23.4 Å². The smallest absolute Gasteiger partial charge is 0.416 e. The number of piperidine rings is 1. The van der Waals surface area contributed by atoms with E-state index in [1.54, 1.807) is 24.3 Å². The number of hydrogen-bond acceptors (Lipinski definition) is 3. The first-order chi connectivity index (χ1) is 11.3. The zero-order valence-corrected chi connectivity index (χ0v) is 12.9. The van der Waals surface area contributed by atoms with Crippen LogP contribution in [0.5, 0.6) is 5.75 Å². The lowest BCUT2D eigenvalue weighted by Gasteiger charge is -2.39. The number of phenols is 1. The fourth-order valence-corrected chi connectivity index (χ4v) is 3.06. The van der Waals surface area contributed by atoms with Crippen molar-refractivity contribution in [1.29, 1.82) is 0 Å². The van der Waals surface area contributed by atoms with Crippen molar-refractivity contribution in [3.05, 3.63) is 59.7 Å². The molecule has 3 rings (SSSR count). The highest BCUT2D eigenvalue weighted by Crippen LogP contribution is 2.36. The quantitative estimate of drug-likeness (QED) is 0.873. The van der Waals surface area contributed by atoms with Gasteiger partial charge in [-0.25, -0.2) is 0 Å². The van der Waals surface area contributed by atoms with Crippen molar-refractivity contribution < 1.29 is 23.4 Å². The zero-order valence-electron chi connectivity index (χ0n) is 12.9. The van der Waals surface area contributed by atoms with Crippen molar-refractivity contribution >= 4 is 5.69 Å². The van der Waals surface area contributed by atoms with E-state index in [0.717, 1.165) is 17.8 Å². The number of halogens is 3. The van der Waals surface area contributed by atoms with Gasteiger partial charge in [0, 0.05) is 18.8 Å². The van der Waals surface area contributed by atoms with E-state index < -0.39 is 17.3 Å². The van der Waals surface area contributed by atoms with Crippen LogP contribution in [0, 0.1) is 0 Å². The van der Waals surface area contributed by atoms with E-state index >= 15 is 0 Å². The maximum absolute atomic E-state index is 12.6. The second-order valence-corrected chi connectivity index (χ2v) is 6.11. The van der Waals surface area contributed by atoms with E-state index in [1.165, 1.54) is 12.1 Å². The second-order valence-electron chi connectivity index (χ2n) is 6.11. The first-order valence-electron chi connectivity index (χ1n) is 7.72. The summed E-state index contributed by atoms with van der Waals surface area (Å²) in [6.45, 7) is 1.17. The van der Waals surface area contributed by atoms with E-state index in [0.29, 0.717) is 31.5 Å². The third kappa shape index (κ3) is 3.33. The Morgan fingerprint density at radius 1 is 0.875 bits per heavy atom. The Hall–Kier alpha value is -2.21. The number of hydrogen-bond donors (Lipinski definition) is 2. The molecule has 2 N–H and O–H groups in total. The molecule has 6 heteroatoms. The van der Waals surface area contributed by atoms with Gasteiger partial charge in [0.1, 0.15) is 5.75 Å². The molecule has 0 saturated carbocycles. The fraction of sp³-hybridized carbons (Fsp3) is 0.333. The zero-order chi connectivity index (χ0) is 17.4. The van der Waals surface area contributed by atoms with Crippen LogP contribution >= 0.6 is 0 Å². The minimum absolute atomic E-state index is 0.192. The van der Waals surface area contributed by atoms with E-state index in [-0.39, 0.29) is 5.75 Å². The van der Waals surface area contributed by atoms with Crippen LogP contribution in [0.15, 0.2) is 48.5 Å². The summed E-state index contributed by atoms with van der Waals surface area (Å²) < 4.78 is 37.9. The van der Waals surface area contributed by atoms with Crippen molar-refractivity contribution in [2.75, 3.05) is 18.0 Å². The van der Waals surface area contributed by atoms with Gasteiger partial charge in [-0.05, 0) is 54.8 Å². The van der Waals surface area contributed by atoms with E-state index in [4.69, 9.17) is 0 Å². The lowest BCUT2D eigenvalue weighted by Crippen LogP contribution is -2.42. The van der Waals surface area contributed by atoms with Crippen LogP contribution in [0.4, 0.5) is 18.9 Å². The molecule has 3 nitrogen and oxygen atoms in total. The summed E-state index contributed by atoms with van der Waals surface area (Å²) in [7, 11) is 0. The van der Waals surface area contributed by atoms with Gasteiger partial charge in [-0.2, -0.15) is 13.2 Å². The molecule has 1 heterocycles. The third-order valence-corrected chi connectivity index (χ3v) is 4.56. The molecule has 0 unspecified atom stereocenters. The minimum atomic E-state index is -4.37. The Bertz CT molecular complexity index is 688. The summed E-state index contributed by atoms with van der Waals surface area (Å²) in [4.78, 5) is 2.08. The van der Waals surface area contributed by atoms with Crippen LogP contribution < -0.4 is 4.90 Å². The van der Waals surface area contributed by atoms with Crippen LogP contribution in [-0.4, -0.2) is 23.3 Å². The number of phenolic OH excluding ortho intramolecular Hbond substituents is 1. The van der Waals surface area contributed by atoms with Crippen molar-refractivity contribution in [3.63, 3.8) is 0 Å². The molecule has 1 aliphatic rings. The van der Waals surface area contributed by atoms with Crippen molar-refractivity contribution in [2.45, 2.75) is 24.6 Å². The maximum Gasteiger partial charge on any atom is 0.416 e. The van der Waals surface area contributed by atoms with Crippen molar-refractivity contribution in [2.24, 2.45) is 0 Å². The fourth-order valence-electron chi connectivity index (χ4n) is 3.06. The molecule has 0 aliphatic carbocycles. The number of alkyl halides is 3. The molecule has 2 aromatic carbocycles. The third-order valence-electron chi connectivity index (χ3n) is 4.56. The molecule has 1 aliphatic heterocycles. The molecule has 24 heavy (non-hydrogen) atoms. The molecule has 0 bridgehead atoms. The van der Waals surface area contributed by atoms with Gasteiger partial charge in [-0.3, -0.25) is 0 Å². The van der Waals surface area contributed by atoms with Crippen LogP contribution in [0.1, 0.15) is 24.0 Å². The number of anilines is 1. The summed E-state index contributed by atoms with van der Waals surface area (Å²) in [5, 5.41) is 20.1. The standard InChI is InChI=1S/C18H18F3NO2/c19-18(20,21)14-3-1-13(2-4-14)17(24)9-11-22(12-10-17)15-5-7-16(23)8-6-15/h1-8,23-24H,9-12H2. The molecule has 0 radical (unpaired) electrons. The van der Waals surface area contributed by atoms with Gasteiger partial charge in [0.15, 0.2) is 0 Å². The summed E-state index contributed by atoms with van der Waals surface area (Å²) in [5.41, 5.74) is -0.364. The molecule has 1 saturated heterocycles. The highest BCUT2D eigenvalue weighted by Gasteiger charge is 2.35. The summed E-state index contributed by atoms with van der Waals surface area (Å²) in [6.07, 6.45) is -3.51. The molecule has 1 fully saturated rings. The second kappa shape index (κ2) is 6.02. The van der Waals surface area contributed by atoms with Gasteiger partial charge >= 0.3 is 6.18 Å². The van der Waals surface area contributed by atoms with E-state index in [1.807, 2.05) is 0 Å². The average Bonchev–Trinajstić information content (AvgIpc) is 2.56. The van der Waals surface area contributed by atoms with Crippen LogP contribution in [0.25, 0.3) is 0 Å². The topological polar surface area (TPSA) is 43.7 Å². The van der Waals surface area contributed by atoms with Crippen molar-refractivity contribution in [3.8, 4) is 5.75 Å². The highest BCUT2D eigenvalue weighted by atomic mass is 19.4. The Morgan fingerprint density at radius 2 is 1.42 bits per heavy atom. The predicted octanol–water partition coefficient (Wildman–Crippen LogP) is 3.90. The molecular weight excluding hydrogens is 319 g/mol. The average molecular weight is 337 g/mol. The van der Waals surface area contributed by atoms with Gasteiger partial charge in [0.05, 0.1) is 11.2 Å².